The summed E-state index contributed by atoms with van der Waals surface area (Å²) >= 11 is 0. The fraction of sp³-hybridized carbons (Fsp3) is 0.933. The maximum absolute atomic E-state index is 11.5. The molecule has 270 valence electrons. The smallest absolute Gasteiger partial charge is 0.332 e. The molecule has 0 radical (unpaired) electrons. The van der Waals surface area contributed by atoms with E-state index in [4.69, 9.17) is 28.8 Å². The van der Waals surface area contributed by atoms with E-state index in [9.17, 15) is 50.4 Å². The molecular formula is C30H54O16. The molecule has 2 fully saturated rings. The second kappa shape index (κ2) is 21.4. The molecule has 2 heterocycles. The maximum Gasteiger partial charge on any atom is 0.332 e. The second-order valence-electron chi connectivity index (χ2n) is 12.1. The Bertz CT molecular complexity index is 861. The van der Waals surface area contributed by atoms with Crippen molar-refractivity contribution >= 4 is 11.9 Å². The van der Waals surface area contributed by atoms with Crippen molar-refractivity contribution in [1.82, 2.24) is 0 Å². The van der Waals surface area contributed by atoms with Crippen molar-refractivity contribution in [2.45, 2.75) is 158 Å². The summed E-state index contributed by atoms with van der Waals surface area (Å²) < 4.78 is 27.2. The van der Waals surface area contributed by atoms with Crippen LogP contribution in [0, 0.1) is 0 Å². The third kappa shape index (κ3) is 13.5. The van der Waals surface area contributed by atoms with Crippen molar-refractivity contribution in [3.8, 4) is 0 Å². The molecule has 0 spiro atoms. The van der Waals surface area contributed by atoms with Gasteiger partial charge in [-0.2, -0.15) is 0 Å². The first-order valence-corrected chi connectivity index (χ1v) is 16.2. The minimum atomic E-state index is -1.79. The van der Waals surface area contributed by atoms with Gasteiger partial charge in [-0.25, -0.2) is 4.79 Å². The first kappa shape index (κ1) is 40.6. The van der Waals surface area contributed by atoms with E-state index in [1.54, 1.807) is 0 Å². The summed E-state index contributed by atoms with van der Waals surface area (Å²) in [4.78, 5) is 22.0. The highest BCUT2D eigenvalue weighted by molar-refractivity contribution is 5.71. The monoisotopic (exact) mass is 670 g/mol. The number of carboxylic acid groups (broad SMARTS) is 1. The number of carbonyl (C=O) groups is 2. The Kier molecular flexibility index (Phi) is 18.9. The van der Waals surface area contributed by atoms with E-state index in [2.05, 4.69) is 0 Å². The van der Waals surface area contributed by atoms with Gasteiger partial charge in [0, 0.05) is 6.92 Å². The number of unbranched alkanes of at least 4 members (excludes halogenated alkanes) is 9. The van der Waals surface area contributed by atoms with Crippen LogP contribution in [-0.2, 0) is 33.3 Å². The number of hydrogen-bond acceptors (Lipinski definition) is 15. The molecule has 2 rings (SSSR count). The minimum Gasteiger partial charge on any atom is -0.479 e. The molecule has 12 atom stereocenters. The van der Waals surface area contributed by atoms with Gasteiger partial charge in [0.15, 0.2) is 18.7 Å². The zero-order chi connectivity index (χ0) is 34.2. The quantitative estimate of drug-likeness (QED) is 0.0478. The molecule has 2 aliphatic rings. The average molecular weight is 671 g/mol. The number of aliphatic hydroxyl groups excluding tert-OH is 8. The molecule has 0 aromatic rings. The van der Waals surface area contributed by atoms with Crippen LogP contribution < -0.4 is 0 Å². The number of carbonyl (C=O) groups excluding carboxylic acids is 1. The fourth-order valence-electron chi connectivity index (χ4n) is 5.42. The summed E-state index contributed by atoms with van der Waals surface area (Å²) in [6.07, 6.45) is -7.52. The lowest BCUT2D eigenvalue weighted by atomic mass is 9.97. The number of aliphatic hydroxyl groups is 8. The van der Waals surface area contributed by atoms with Gasteiger partial charge >= 0.3 is 11.9 Å². The number of ether oxygens (including phenoxy) is 5. The van der Waals surface area contributed by atoms with Crippen molar-refractivity contribution in [2.24, 2.45) is 0 Å². The van der Waals surface area contributed by atoms with Gasteiger partial charge in [0.2, 0.25) is 0 Å². The van der Waals surface area contributed by atoms with Gasteiger partial charge in [-0.15, -0.1) is 0 Å². The van der Waals surface area contributed by atoms with Crippen molar-refractivity contribution in [3.05, 3.63) is 0 Å². The third-order valence-electron chi connectivity index (χ3n) is 8.23. The van der Waals surface area contributed by atoms with E-state index < -0.39 is 98.8 Å². The number of carboxylic acids is 1. The highest BCUT2D eigenvalue weighted by atomic mass is 16.7. The molecule has 0 unspecified atom stereocenters. The SMILES string of the molecule is CC(=O)OC[C@H]1O[C@@H](OC[C@@H](O)CCCCCCCCCCCC[C@H](O)C(=O)O)[C@H](O)[C@@H](O)[C@@H]1O[C@@H]1O[C@H](CO)[C@@H](O)[C@H](O)[C@H]1O. The Hall–Kier alpha value is -1.54. The first-order chi connectivity index (χ1) is 21.9. The largest absolute Gasteiger partial charge is 0.479 e. The fourth-order valence-corrected chi connectivity index (χ4v) is 5.42. The van der Waals surface area contributed by atoms with Crippen LogP contribution in [-0.4, -0.2) is 151 Å². The molecule has 2 saturated heterocycles. The van der Waals surface area contributed by atoms with Gasteiger partial charge in [0.1, 0.15) is 55.4 Å². The van der Waals surface area contributed by atoms with Gasteiger partial charge in [0.05, 0.1) is 19.3 Å². The minimum absolute atomic E-state index is 0.212. The van der Waals surface area contributed by atoms with E-state index >= 15 is 0 Å². The van der Waals surface area contributed by atoms with Crippen LogP contribution >= 0.6 is 0 Å². The molecule has 16 heteroatoms. The van der Waals surface area contributed by atoms with Crippen LogP contribution in [0.2, 0.25) is 0 Å². The first-order valence-electron chi connectivity index (χ1n) is 16.2. The number of aliphatic carboxylic acids is 1. The summed E-state index contributed by atoms with van der Waals surface area (Å²) in [6.45, 7) is -0.217. The van der Waals surface area contributed by atoms with Gasteiger partial charge in [-0.05, 0) is 12.8 Å². The highest BCUT2D eigenvalue weighted by Gasteiger charge is 2.51. The van der Waals surface area contributed by atoms with E-state index in [0.717, 1.165) is 64.7 Å². The van der Waals surface area contributed by atoms with Gasteiger partial charge in [-0.3, -0.25) is 4.79 Å². The molecule has 0 aromatic carbocycles. The topological polar surface area (TPSA) is 262 Å². The lowest BCUT2D eigenvalue weighted by molar-refractivity contribution is -0.360. The molecular weight excluding hydrogens is 616 g/mol. The summed E-state index contributed by atoms with van der Waals surface area (Å²) in [5.74, 6) is -1.85. The van der Waals surface area contributed by atoms with Crippen LogP contribution in [0.15, 0.2) is 0 Å². The maximum atomic E-state index is 11.5. The molecule has 0 saturated carbocycles. The number of esters is 1. The Labute approximate surface area is 268 Å². The van der Waals surface area contributed by atoms with Crippen LogP contribution in [0.5, 0.6) is 0 Å². The van der Waals surface area contributed by atoms with E-state index in [1.807, 2.05) is 0 Å². The van der Waals surface area contributed by atoms with Crippen molar-refractivity contribution in [1.29, 1.82) is 0 Å². The van der Waals surface area contributed by atoms with Crippen LogP contribution in [0.1, 0.15) is 84.0 Å². The number of hydrogen-bond donors (Lipinski definition) is 9. The Morgan fingerprint density at radius 3 is 1.76 bits per heavy atom. The molecule has 16 nitrogen and oxygen atoms in total. The van der Waals surface area contributed by atoms with E-state index in [0.29, 0.717) is 12.8 Å². The van der Waals surface area contributed by atoms with Crippen molar-refractivity contribution < 1.29 is 79.2 Å². The Balaban J connectivity index is 1.71. The zero-order valence-electron chi connectivity index (χ0n) is 26.4. The van der Waals surface area contributed by atoms with Crippen molar-refractivity contribution in [3.63, 3.8) is 0 Å². The molecule has 0 aromatic heterocycles. The lowest BCUT2D eigenvalue weighted by Gasteiger charge is -2.46. The molecule has 2 aliphatic heterocycles. The number of rotatable bonds is 22. The van der Waals surface area contributed by atoms with Crippen LogP contribution in [0.4, 0.5) is 0 Å². The summed E-state index contributed by atoms with van der Waals surface area (Å²) in [5, 5.41) is 89.7. The predicted molar refractivity (Wildman–Crippen MR) is 157 cm³/mol. The van der Waals surface area contributed by atoms with Crippen LogP contribution in [0.3, 0.4) is 0 Å². The summed E-state index contributed by atoms with van der Waals surface area (Å²) in [6, 6.07) is 0. The van der Waals surface area contributed by atoms with Crippen molar-refractivity contribution in [2.75, 3.05) is 19.8 Å². The Morgan fingerprint density at radius 1 is 0.696 bits per heavy atom. The molecule has 9 N–H and O–H groups in total. The highest BCUT2D eigenvalue weighted by Crippen LogP contribution is 2.30. The predicted octanol–water partition coefficient (Wildman–Crippen LogP) is -1.31. The third-order valence-corrected chi connectivity index (χ3v) is 8.23. The lowest BCUT2D eigenvalue weighted by Crippen LogP contribution is -2.65. The van der Waals surface area contributed by atoms with Crippen LogP contribution in [0.25, 0.3) is 0 Å². The standard InChI is InChI=1S/C30H54O16/c1-17(32)42-16-21-27(46-30-25(38)23(36)22(35)20(14-31)44-30)24(37)26(39)29(45-21)43-15-18(33)12-10-8-6-4-2-3-5-7-9-11-13-19(34)28(40)41/h18-27,29-31,33-39H,2-16H2,1H3,(H,40,41)/t18-,19-,20+,21+,22+,23-,24+,25+,26+,27+,29+,30-/m0/s1. The molecule has 0 aliphatic carbocycles. The zero-order valence-corrected chi connectivity index (χ0v) is 26.4. The van der Waals surface area contributed by atoms with E-state index in [-0.39, 0.29) is 13.0 Å². The average Bonchev–Trinajstić information content (AvgIpc) is 3.02. The van der Waals surface area contributed by atoms with Gasteiger partial charge in [0.25, 0.3) is 0 Å². The summed E-state index contributed by atoms with van der Waals surface area (Å²) in [7, 11) is 0. The second-order valence-corrected chi connectivity index (χ2v) is 12.1. The normalized spacial score (nSPS) is 33.0. The molecule has 0 amide bonds. The molecule has 0 bridgehead atoms. The van der Waals surface area contributed by atoms with Gasteiger partial charge in [-0.1, -0.05) is 64.2 Å². The Morgan fingerprint density at radius 2 is 1.22 bits per heavy atom. The summed E-state index contributed by atoms with van der Waals surface area (Å²) in [5.41, 5.74) is 0. The molecule has 46 heavy (non-hydrogen) atoms. The van der Waals surface area contributed by atoms with Gasteiger partial charge < -0.3 is 69.6 Å². The van der Waals surface area contributed by atoms with E-state index in [1.165, 1.54) is 0 Å².